The predicted octanol–water partition coefficient (Wildman–Crippen LogP) is 1.91. The number of amides is 2. The highest BCUT2D eigenvalue weighted by Crippen LogP contribution is 2.37. The van der Waals surface area contributed by atoms with Crippen LogP contribution in [0.15, 0.2) is 0 Å². The molecule has 0 atom stereocenters. The van der Waals surface area contributed by atoms with Crippen molar-refractivity contribution >= 4 is 28.2 Å². The molecule has 6 nitrogen and oxygen atoms in total. The zero-order valence-corrected chi connectivity index (χ0v) is 15.0. The maximum absolute atomic E-state index is 12.6. The van der Waals surface area contributed by atoms with Crippen LogP contribution in [-0.2, 0) is 17.6 Å². The smallest absolute Gasteiger partial charge is 0.396 e. The molecule has 0 aliphatic heterocycles. The number of alkyl halides is 3. The average Bonchev–Trinajstić information content (AvgIpc) is 2.88. The van der Waals surface area contributed by atoms with Gasteiger partial charge >= 0.3 is 6.18 Å². The first-order chi connectivity index (χ1) is 12.2. The van der Waals surface area contributed by atoms with Crippen LogP contribution in [-0.4, -0.2) is 54.2 Å². The zero-order chi connectivity index (χ0) is 19.3. The molecule has 2 amide bonds. The third kappa shape index (κ3) is 5.68. The lowest BCUT2D eigenvalue weighted by Crippen LogP contribution is -2.40. The normalized spacial score (nSPS) is 14.3. The third-order valence-electron chi connectivity index (χ3n) is 4.07. The minimum atomic E-state index is -4.45. The Hall–Kier alpha value is -1.65. The van der Waals surface area contributed by atoms with Crippen molar-refractivity contribution in [1.82, 2.24) is 4.90 Å². The summed E-state index contributed by atoms with van der Waals surface area (Å²) in [6, 6.07) is 0. The van der Waals surface area contributed by atoms with Crippen LogP contribution in [0.4, 0.5) is 18.2 Å². The standard InChI is InChI=1S/C16H22F3N3O3S/c17-16(18,19)9-22(6-3-7-23)8-12(24)21-15-13(14(20)25)10-4-1-2-5-11(10)26-15/h23H,1-9H2,(H2,20,25)(H,21,24). The van der Waals surface area contributed by atoms with E-state index in [0.717, 1.165) is 34.6 Å². The van der Waals surface area contributed by atoms with Gasteiger partial charge in [-0.2, -0.15) is 13.2 Å². The number of fused-ring (bicyclic) bond motifs is 1. The summed E-state index contributed by atoms with van der Waals surface area (Å²) in [7, 11) is 0. The van der Waals surface area contributed by atoms with Crippen molar-refractivity contribution in [1.29, 1.82) is 0 Å². The third-order valence-corrected chi connectivity index (χ3v) is 5.28. The van der Waals surface area contributed by atoms with Gasteiger partial charge in [0.1, 0.15) is 5.00 Å². The number of aliphatic hydroxyl groups excluding tert-OH is 1. The van der Waals surface area contributed by atoms with Crippen molar-refractivity contribution in [2.75, 3.05) is 31.6 Å². The molecule has 0 saturated heterocycles. The summed E-state index contributed by atoms with van der Waals surface area (Å²) in [4.78, 5) is 25.9. The molecule has 146 valence electrons. The quantitative estimate of drug-likeness (QED) is 0.629. The minimum Gasteiger partial charge on any atom is -0.396 e. The van der Waals surface area contributed by atoms with Crippen LogP contribution in [0, 0.1) is 0 Å². The molecule has 1 aliphatic rings. The number of aryl methyl sites for hydroxylation is 1. The lowest BCUT2D eigenvalue weighted by molar-refractivity contribution is -0.148. The van der Waals surface area contributed by atoms with Gasteiger partial charge in [0.2, 0.25) is 5.91 Å². The van der Waals surface area contributed by atoms with Crippen molar-refractivity contribution in [3.05, 3.63) is 16.0 Å². The Morgan fingerprint density at radius 1 is 1.27 bits per heavy atom. The molecule has 0 saturated carbocycles. The van der Waals surface area contributed by atoms with Gasteiger partial charge in [-0.05, 0) is 37.7 Å². The van der Waals surface area contributed by atoms with Crippen LogP contribution in [0.1, 0.15) is 40.1 Å². The number of thiophene rings is 1. The number of nitrogens with two attached hydrogens (primary N) is 1. The van der Waals surface area contributed by atoms with E-state index in [9.17, 15) is 22.8 Å². The second-order valence-electron chi connectivity index (χ2n) is 6.23. The largest absolute Gasteiger partial charge is 0.401 e. The summed E-state index contributed by atoms with van der Waals surface area (Å²) in [5.74, 6) is -1.29. The fourth-order valence-corrected chi connectivity index (χ4v) is 4.36. The fourth-order valence-electron chi connectivity index (χ4n) is 3.05. The molecular weight excluding hydrogens is 371 g/mol. The van der Waals surface area contributed by atoms with Gasteiger partial charge in [-0.25, -0.2) is 0 Å². The highest BCUT2D eigenvalue weighted by Gasteiger charge is 2.32. The molecule has 0 spiro atoms. The highest BCUT2D eigenvalue weighted by molar-refractivity contribution is 7.17. The molecule has 0 radical (unpaired) electrons. The number of carbonyl (C=O) groups excluding carboxylic acids is 2. The van der Waals surface area contributed by atoms with Crippen LogP contribution in [0.3, 0.4) is 0 Å². The van der Waals surface area contributed by atoms with E-state index in [0.29, 0.717) is 11.4 Å². The van der Waals surface area contributed by atoms with E-state index in [1.165, 1.54) is 11.3 Å². The van der Waals surface area contributed by atoms with Crippen molar-refractivity contribution in [3.8, 4) is 0 Å². The van der Waals surface area contributed by atoms with Crippen LogP contribution in [0.5, 0.6) is 0 Å². The van der Waals surface area contributed by atoms with E-state index in [4.69, 9.17) is 10.8 Å². The Labute approximate surface area is 153 Å². The van der Waals surface area contributed by atoms with Gasteiger partial charge in [-0.3, -0.25) is 14.5 Å². The molecule has 10 heteroatoms. The van der Waals surface area contributed by atoms with Gasteiger partial charge in [0.05, 0.1) is 18.7 Å². The van der Waals surface area contributed by atoms with Crippen LogP contribution in [0.2, 0.25) is 0 Å². The lowest BCUT2D eigenvalue weighted by Gasteiger charge is -2.22. The molecule has 0 unspecified atom stereocenters. The van der Waals surface area contributed by atoms with Crippen LogP contribution >= 0.6 is 11.3 Å². The Balaban J connectivity index is 2.10. The second-order valence-corrected chi connectivity index (χ2v) is 7.34. The minimum absolute atomic E-state index is 0.0625. The Morgan fingerprint density at radius 3 is 2.58 bits per heavy atom. The van der Waals surface area contributed by atoms with Gasteiger partial charge in [0.25, 0.3) is 5.91 Å². The van der Waals surface area contributed by atoms with Gasteiger partial charge in [0.15, 0.2) is 0 Å². The first kappa shape index (κ1) is 20.7. The molecule has 0 fully saturated rings. The second kappa shape index (κ2) is 8.83. The molecule has 4 N–H and O–H groups in total. The molecule has 0 bridgehead atoms. The molecule has 0 aromatic carbocycles. The summed E-state index contributed by atoms with van der Waals surface area (Å²) >= 11 is 1.26. The molecule has 1 heterocycles. The summed E-state index contributed by atoms with van der Waals surface area (Å²) in [6.07, 6.45) is -0.902. The predicted molar refractivity (Wildman–Crippen MR) is 92.3 cm³/mol. The maximum atomic E-state index is 12.6. The van der Waals surface area contributed by atoms with Crippen molar-refractivity contribution in [2.24, 2.45) is 5.73 Å². The Morgan fingerprint density at radius 2 is 1.96 bits per heavy atom. The first-order valence-electron chi connectivity index (χ1n) is 8.35. The molecule has 1 aromatic heterocycles. The van der Waals surface area contributed by atoms with Gasteiger partial charge in [-0.15, -0.1) is 11.3 Å². The zero-order valence-electron chi connectivity index (χ0n) is 14.2. The topological polar surface area (TPSA) is 95.7 Å². The van der Waals surface area contributed by atoms with E-state index in [2.05, 4.69) is 5.32 Å². The highest BCUT2D eigenvalue weighted by atomic mass is 32.1. The SMILES string of the molecule is NC(=O)c1c(NC(=O)CN(CCCO)CC(F)(F)F)sc2c1CCCC2. The fraction of sp³-hybridized carbons (Fsp3) is 0.625. The number of nitrogens with one attached hydrogen (secondary N) is 1. The summed E-state index contributed by atoms with van der Waals surface area (Å²) < 4.78 is 37.9. The summed E-state index contributed by atoms with van der Waals surface area (Å²) in [6.45, 7) is -2.06. The summed E-state index contributed by atoms with van der Waals surface area (Å²) in [5, 5.41) is 11.7. The molecule has 2 rings (SSSR count). The molecular formula is C16H22F3N3O3S. The Bertz CT molecular complexity index is 661. The lowest BCUT2D eigenvalue weighted by atomic mass is 9.95. The van der Waals surface area contributed by atoms with E-state index < -0.39 is 31.1 Å². The van der Waals surface area contributed by atoms with Gasteiger partial charge in [0, 0.05) is 18.0 Å². The number of hydrogen-bond donors (Lipinski definition) is 3. The van der Waals surface area contributed by atoms with Crippen molar-refractivity contribution < 1.29 is 27.9 Å². The number of aliphatic hydroxyl groups is 1. The molecule has 1 aromatic rings. The Kier molecular flexibility index (Phi) is 7.01. The van der Waals surface area contributed by atoms with Crippen LogP contribution < -0.4 is 11.1 Å². The number of hydrogen-bond acceptors (Lipinski definition) is 5. The van der Waals surface area contributed by atoms with Crippen molar-refractivity contribution in [2.45, 2.75) is 38.3 Å². The summed E-state index contributed by atoms with van der Waals surface area (Å²) in [5.41, 5.74) is 6.56. The van der Waals surface area contributed by atoms with Crippen molar-refractivity contribution in [3.63, 3.8) is 0 Å². The number of primary amides is 1. The van der Waals surface area contributed by atoms with E-state index >= 15 is 0 Å². The maximum Gasteiger partial charge on any atom is 0.401 e. The average molecular weight is 393 g/mol. The monoisotopic (exact) mass is 393 g/mol. The number of carbonyl (C=O) groups is 2. The van der Waals surface area contributed by atoms with E-state index in [-0.39, 0.29) is 25.1 Å². The van der Waals surface area contributed by atoms with Gasteiger partial charge in [-0.1, -0.05) is 0 Å². The first-order valence-corrected chi connectivity index (χ1v) is 9.17. The molecule has 1 aliphatic carbocycles. The van der Waals surface area contributed by atoms with E-state index in [1.54, 1.807) is 0 Å². The van der Waals surface area contributed by atoms with Gasteiger partial charge < -0.3 is 16.2 Å². The number of anilines is 1. The number of nitrogens with zero attached hydrogens (tertiary/aromatic N) is 1. The van der Waals surface area contributed by atoms with Crippen LogP contribution in [0.25, 0.3) is 0 Å². The number of halogens is 3. The van der Waals surface area contributed by atoms with E-state index in [1.807, 2.05) is 0 Å². The number of rotatable bonds is 8. The molecule has 26 heavy (non-hydrogen) atoms.